The Morgan fingerprint density at radius 1 is 1.14 bits per heavy atom. The van der Waals surface area contributed by atoms with Crippen LogP contribution in [0.3, 0.4) is 0 Å². The first kappa shape index (κ1) is 17.5. The van der Waals surface area contributed by atoms with Crippen molar-refractivity contribution in [2.75, 3.05) is 0 Å². The molecular weight excluding hydrogens is 356 g/mol. The number of hydrogen-bond acceptors (Lipinski definition) is 5. The lowest BCUT2D eigenvalue weighted by Crippen LogP contribution is -2.40. The molecule has 0 saturated carbocycles. The van der Waals surface area contributed by atoms with Gasteiger partial charge >= 0.3 is 6.03 Å². The van der Waals surface area contributed by atoms with E-state index < -0.39 is 11.6 Å². The smallest absolute Gasteiger partial charge is 0.325 e. The molecule has 1 atom stereocenters. The maximum Gasteiger partial charge on any atom is 0.325 e. The van der Waals surface area contributed by atoms with Crippen LogP contribution in [0.5, 0.6) is 0 Å². The number of hydrogen-bond donors (Lipinski definition) is 1. The number of carbonyl (C=O) groups excluding carboxylic acids is 2. The van der Waals surface area contributed by atoms with Gasteiger partial charge in [0.1, 0.15) is 11.8 Å². The van der Waals surface area contributed by atoms with Gasteiger partial charge in [-0.2, -0.15) is 5.26 Å². The zero-order chi connectivity index (χ0) is 19.7. The van der Waals surface area contributed by atoms with Crippen molar-refractivity contribution in [2.45, 2.75) is 19.0 Å². The number of benzene rings is 2. The Labute approximate surface area is 161 Å². The predicted octanol–water partition coefficient (Wildman–Crippen LogP) is 3.18. The molecular formula is C21H16N4O3. The van der Waals surface area contributed by atoms with E-state index in [0.29, 0.717) is 22.7 Å². The van der Waals surface area contributed by atoms with Gasteiger partial charge in [0, 0.05) is 5.56 Å². The molecule has 3 amide bonds. The van der Waals surface area contributed by atoms with Crippen molar-refractivity contribution < 1.29 is 14.0 Å². The third-order valence-electron chi connectivity index (χ3n) is 4.76. The molecule has 1 aliphatic rings. The minimum Gasteiger partial charge on any atom is -0.444 e. The van der Waals surface area contributed by atoms with Crippen molar-refractivity contribution in [1.82, 2.24) is 15.2 Å². The van der Waals surface area contributed by atoms with Gasteiger partial charge in [-0.05, 0) is 36.8 Å². The van der Waals surface area contributed by atoms with E-state index >= 15 is 0 Å². The standard InChI is InChI=1S/C21H16N4O3/c1-21(16-9-7-14(11-22)8-10-16)19(26)25(20(27)24-21)12-17-13-28-18(23-17)15-5-3-2-4-6-15/h2-10,13H,12H2,1H3,(H,24,27). The Balaban J connectivity index is 1.56. The first-order valence-corrected chi connectivity index (χ1v) is 8.66. The van der Waals surface area contributed by atoms with Gasteiger partial charge in [-0.3, -0.25) is 9.69 Å². The number of oxazole rings is 1. The van der Waals surface area contributed by atoms with E-state index in [2.05, 4.69) is 10.3 Å². The molecule has 0 bridgehead atoms. The fourth-order valence-corrected chi connectivity index (χ4v) is 3.17. The molecule has 28 heavy (non-hydrogen) atoms. The van der Waals surface area contributed by atoms with Gasteiger partial charge in [-0.1, -0.05) is 30.3 Å². The number of imide groups is 1. The number of nitriles is 1. The van der Waals surface area contributed by atoms with Crippen molar-refractivity contribution >= 4 is 11.9 Å². The maximum absolute atomic E-state index is 13.0. The fraction of sp³-hybridized carbons (Fsp3) is 0.143. The average molecular weight is 372 g/mol. The second-order valence-corrected chi connectivity index (χ2v) is 6.65. The first-order chi connectivity index (χ1) is 13.5. The van der Waals surface area contributed by atoms with Gasteiger partial charge in [0.25, 0.3) is 5.91 Å². The number of amides is 3. The fourth-order valence-electron chi connectivity index (χ4n) is 3.17. The summed E-state index contributed by atoms with van der Waals surface area (Å²) < 4.78 is 5.48. The molecule has 3 aromatic rings. The second-order valence-electron chi connectivity index (χ2n) is 6.65. The largest absolute Gasteiger partial charge is 0.444 e. The van der Waals surface area contributed by atoms with Crippen molar-refractivity contribution in [2.24, 2.45) is 0 Å². The number of nitrogens with one attached hydrogen (secondary N) is 1. The highest BCUT2D eigenvalue weighted by atomic mass is 16.3. The highest BCUT2D eigenvalue weighted by Crippen LogP contribution is 2.30. The highest BCUT2D eigenvalue weighted by molar-refractivity contribution is 6.07. The van der Waals surface area contributed by atoms with Crippen molar-refractivity contribution in [3.8, 4) is 17.5 Å². The maximum atomic E-state index is 13.0. The first-order valence-electron chi connectivity index (χ1n) is 8.66. The molecule has 2 aromatic carbocycles. The summed E-state index contributed by atoms with van der Waals surface area (Å²) in [4.78, 5) is 30.9. The van der Waals surface area contributed by atoms with E-state index in [9.17, 15) is 9.59 Å². The van der Waals surface area contributed by atoms with Crippen LogP contribution in [0.15, 0.2) is 65.3 Å². The van der Waals surface area contributed by atoms with Crippen molar-refractivity contribution in [1.29, 1.82) is 5.26 Å². The average Bonchev–Trinajstić information content (AvgIpc) is 3.28. The van der Waals surface area contributed by atoms with E-state index in [0.717, 1.165) is 10.5 Å². The Hall–Kier alpha value is -3.92. The van der Waals surface area contributed by atoms with Crippen LogP contribution in [-0.2, 0) is 16.9 Å². The van der Waals surface area contributed by atoms with Crippen molar-refractivity contribution in [3.63, 3.8) is 0 Å². The van der Waals surface area contributed by atoms with Crippen LogP contribution in [0.25, 0.3) is 11.5 Å². The van der Waals surface area contributed by atoms with Crippen LogP contribution in [0, 0.1) is 11.3 Å². The minimum atomic E-state index is -1.20. The SMILES string of the molecule is CC1(c2ccc(C#N)cc2)NC(=O)N(Cc2coc(-c3ccccc3)n2)C1=O. The van der Waals surface area contributed by atoms with Gasteiger partial charge < -0.3 is 9.73 Å². The molecule has 7 nitrogen and oxygen atoms in total. The van der Waals surface area contributed by atoms with Crippen LogP contribution in [0.4, 0.5) is 4.79 Å². The monoisotopic (exact) mass is 372 g/mol. The lowest BCUT2D eigenvalue weighted by atomic mass is 9.91. The molecule has 1 N–H and O–H groups in total. The zero-order valence-corrected chi connectivity index (χ0v) is 15.0. The quantitative estimate of drug-likeness (QED) is 0.709. The number of carbonyl (C=O) groups is 2. The molecule has 1 aromatic heterocycles. The van der Waals surface area contributed by atoms with E-state index in [-0.39, 0.29) is 12.5 Å². The summed E-state index contributed by atoms with van der Waals surface area (Å²) in [5.74, 6) is 0.0453. The minimum absolute atomic E-state index is 0.00681. The Morgan fingerprint density at radius 3 is 2.54 bits per heavy atom. The topological polar surface area (TPSA) is 99.2 Å². The van der Waals surface area contributed by atoms with Gasteiger partial charge in [0.2, 0.25) is 5.89 Å². The molecule has 0 spiro atoms. The molecule has 138 valence electrons. The van der Waals surface area contributed by atoms with Gasteiger partial charge in [0.05, 0.1) is 23.9 Å². The molecule has 2 heterocycles. The summed E-state index contributed by atoms with van der Waals surface area (Å²) in [6, 6.07) is 17.5. The molecule has 1 aliphatic heterocycles. The molecule has 1 saturated heterocycles. The van der Waals surface area contributed by atoms with Gasteiger partial charge in [-0.15, -0.1) is 0 Å². The highest BCUT2D eigenvalue weighted by Gasteiger charge is 2.49. The zero-order valence-electron chi connectivity index (χ0n) is 15.0. The third kappa shape index (κ3) is 2.91. The van der Waals surface area contributed by atoms with Crippen molar-refractivity contribution in [3.05, 3.63) is 77.7 Å². The predicted molar refractivity (Wildman–Crippen MR) is 99.5 cm³/mol. The summed E-state index contributed by atoms with van der Waals surface area (Å²) in [7, 11) is 0. The molecule has 1 unspecified atom stereocenters. The van der Waals surface area contributed by atoms with E-state index in [1.165, 1.54) is 6.26 Å². The second kappa shape index (κ2) is 6.67. The Bertz CT molecular complexity index is 1080. The summed E-state index contributed by atoms with van der Waals surface area (Å²) in [5.41, 5.74) is 1.19. The molecule has 1 fully saturated rings. The lowest BCUT2D eigenvalue weighted by Gasteiger charge is -2.22. The van der Waals surface area contributed by atoms with Crippen LogP contribution in [-0.4, -0.2) is 21.8 Å². The normalized spacial score (nSPS) is 18.8. The summed E-state index contributed by atoms with van der Waals surface area (Å²) in [5, 5.41) is 11.7. The Kier molecular flexibility index (Phi) is 4.17. The van der Waals surface area contributed by atoms with Crippen LogP contribution < -0.4 is 5.32 Å². The van der Waals surface area contributed by atoms with E-state index in [1.54, 1.807) is 31.2 Å². The van der Waals surface area contributed by atoms with Crippen LogP contribution in [0.2, 0.25) is 0 Å². The lowest BCUT2D eigenvalue weighted by molar-refractivity contribution is -0.131. The molecule has 4 rings (SSSR count). The number of nitrogens with zero attached hydrogens (tertiary/aromatic N) is 3. The van der Waals surface area contributed by atoms with E-state index in [1.807, 2.05) is 36.4 Å². The van der Waals surface area contributed by atoms with Gasteiger partial charge in [0.15, 0.2) is 0 Å². The summed E-state index contributed by atoms with van der Waals surface area (Å²) in [6.45, 7) is 1.65. The van der Waals surface area contributed by atoms with Gasteiger partial charge in [-0.25, -0.2) is 9.78 Å². The van der Waals surface area contributed by atoms with E-state index in [4.69, 9.17) is 9.68 Å². The number of urea groups is 1. The number of rotatable bonds is 4. The summed E-state index contributed by atoms with van der Waals surface area (Å²) in [6.07, 6.45) is 1.44. The third-order valence-corrected chi connectivity index (χ3v) is 4.76. The summed E-state index contributed by atoms with van der Waals surface area (Å²) >= 11 is 0. The Morgan fingerprint density at radius 2 is 1.86 bits per heavy atom. The molecule has 0 aliphatic carbocycles. The molecule has 7 heteroatoms. The van der Waals surface area contributed by atoms with Crippen LogP contribution >= 0.6 is 0 Å². The molecule has 0 radical (unpaired) electrons. The van der Waals surface area contributed by atoms with Crippen LogP contribution in [0.1, 0.15) is 23.7 Å². The number of aromatic nitrogens is 1.